The third-order valence-electron chi connectivity index (χ3n) is 6.48. The number of benzene rings is 3. The Hall–Kier alpha value is -3.07. The zero-order chi connectivity index (χ0) is 29.3. The lowest BCUT2D eigenvalue weighted by molar-refractivity contribution is -0.140. The molecule has 3 aromatic rings. The molecule has 0 bridgehead atoms. The standard InChI is InChI=1S/C30H35Cl2N3O4S/c1-4-17-33-30(37)28(19-22-11-7-6-8-12-22)34(20-23-15-16-25(31)26(32)18-23)29(36)21-35(40(3,38)39)27-14-10-9-13-24(27)5-2/h6-16,18,28H,4-5,17,19-21H2,1-3H3,(H,33,37). The third kappa shape index (κ3) is 8.46. The van der Waals surface area contributed by atoms with Gasteiger partial charge >= 0.3 is 0 Å². The molecule has 0 heterocycles. The van der Waals surface area contributed by atoms with Crippen LogP contribution < -0.4 is 9.62 Å². The molecule has 1 unspecified atom stereocenters. The van der Waals surface area contributed by atoms with Gasteiger partial charge in [-0.05, 0) is 47.7 Å². The molecular weight excluding hydrogens is 569 g/mol. The number of nitrogens with zero attached hydrogens (tertiary/aromatic N) is 2. The van der Waals surface area contributed by atoms with E-state index in [1.54, 1.807) is 30.3 Å². The molecule has 214 valence electrons. The molecule has 0 aliphatic heterocycles. The second-order valence-corrected chi connectivity index (χ2v) is 12.2. The number of rotatable bonds is 13. The van der Waals surface area contributed by atoms with Crippen molar-refractivity contribution >= 4 is 50.7 Å². The number of nitrogens with one attached hydrogen (secondary N) is 1. The molecule has 1 N–H and O–H groups in total. The first-order chi connectivity index (χ1) is 19.0. The normalized spacial score (nSPS) is 12.0. The Morgan fingerprint density at radius 3 is 2.20 bits per heavy atom. The van der Waals surface area contributed by atoms with Gasteiger partial charge in [0.25, 0.3) is 0 Å². The van der Waals surface area contributed by atoms with Crippen LogP contribution in [0.15, 0.2) is 72.8 Å². The summed E-state index contributed by atoms with van der Waals surface area (Å²) < 4.78 is 27.1. The van der Waals surface area contributed by atoms with E-state index in [1.807, 2.05) is 56.3 Å². The van der Waals surface area contributed by atoms with Crippen LogP contribution in [0.2, 0.25) is 10.0 Å². The monoisotopic (exact) mass is 603 g/mol. The van der Waals surface area contributed by atoms with Crippen molar-refractivity contribution in [2.45, 2.75) is 45.7 Å². The van der Waals surface area contributed by atoms with Gasteiger partial charge in [0.1, 0.15) is 12.6 Å². The Balaban J connectivity index is 2.08. The molecule has 1 atom stereocenters. The Labute approximate surface area is 247 Å². The smallest absolute Gasteiger partial charge is 0.244 e. The number of para-hydroxylation sites is 1. The fourth-order valence-electron chi connectivity index (χ4n) is 4.40. The number of anilines is 1. The Morgan fingerprint density at radius 2 is 1.57 bits per heavy atom. The number of amides is 2. The first kappa shape index (κ1) is 31.5. The summed E-state index contributed by atoms with van der Waals surface area (Å²) in [5, 5.41) is 3.60. The van der Waals surface area contributed by atoms with Crippen molar-refractivity contribution in [2.75, 3.05) is 23.7 Å². The van der Waals surface area contributed by atoms with Crippen molar-refractivity contribution in [3.63, 3.8) is 0 Å². The van der Waals surface area contributed by atoms with Crippen LogP contribution in [0.1, 0.15) is 37.0 Å². The summed E-state index contributed by atoms with van der Waals surface area (Å²) >= 11 is 12.4. The fourth-order valence-corrected chi connectivity index (χ4v) is 5.60. The summed E-state index contributed by atoms with van der Waals surface area (Å²) in [6, 6.07) is 20.6. The average molecular weight is 605 g/mol. The van der Waals surface area contributed by atoms with Gasteiger partial charge in [-0.15, -0.1) is 0 Å². The minimum atomic E-state index is -3.84. The van der Waals surface area contributed by atoms with E-state index in [0.29, 0.717) is 34.3 Å². The minimum absolute atomic E-state index is 0.0276. The highest BCUT2D eigenvalue weighted by Crippen LogP contribution is 2.26. The maximum Gasteiger partial charge on any atom is 0.244 e. The van der Waals surface area contributed by atoms with Gasteiger partial charge in [0.15, 0.2) is 0 Å². The highest BCUT2D eigenvalue weighted by atomic mass is 35.5. The summed E-state index contributed by atoms with van der Waals surface area (Å²) in [4.78, 5) is 29.1. The van der Waals surface area contributed by atoms with Gasteiger partial charge in [-0.1, -0.05) is 91.6 Å². The minimum Gasteiger partial charge on any atom is -0.354 e. The van der Waals surface area contributed by atoms with E-state index < -0.39 is 28.5 Å². The maximum atomic E-state index is 14.1. The number of hydrogen-bond donors (Lipinski definition) is 1. The lowest BCUT2D eigenvalue weighted by Gasteiger charge is -2.34. The lowest BCUT2D eigenvalue weighted by atomic mass is 10.0. The lowest BCUT2D eigenvalue weighted by Crippen LogP contribution is -2.53. The van der Waals surface area contributed by atoms with Gasteiger partial charge in [-0.2, -0.15) is 0 Å². The number of hydrogen-bond acceptors (Lipinski definition) is 4. The summed E-state index contributed by atoms with van der Waals surface area (Å²) in [5.74, 6) is -0.839. The largest absolute Gasteiger partial charge is 0.354 e. The number of carbonyl (C=O) groups excluding carboxylic acids is 2. The molecule has 0 saturated carbocycles. The molecule has 0 fully saturated rings. The number of carbonyl (C=O) groups is 2. The summed E-state index contributed by atoms with van der Waals surface area (Å²) in [7, 11) is -3.84. The summed E-state index contributed by atoms with van der Waals surface area (Å²) in [6.07, 6.45) is 2.62. The SMILES string of the molecule is CCCNC(=O)C(Cc1ccccc1)N(Cc1ccc(Cl)c(Cl)c1)C(=O)CN(c1ccccc1CC)S(C)(=O)=O. The van der Waals surface area contributed by atoms with Crippen molar-refractivity contribution in [1.29, 1.82) is 0 Å². The van der Waals surface area contributed by atoms with Gasteiger partial charge in [0, 0.05) is 19.5 Å². The van der Waals surface area contributed by atoms with Gasteiger partial charge in [0.2, 0.25) is 21.8 Å². The van der Waals surface area contributed by atoms with Crippen molar-refractivity contribution in [3.05, 3.63) is 99.5 Å². The van der Waals surface area contributed by atoms with Crippen LogP contribution in [0.5, 0.6) is 0 Å². The Bertz CT molecular complexity index is 1420. The Kier molecular flexibility index (Phi) is 11.4. The number of sulfonamides is 1. The van der Waals surface area contributed by atoms with E-state index in [4.69, 9.17) is 23.2 Å². The topological polar surface area (TPSA) is 86.8 Å². The zero-order valence-corrected chi connectivity index (χ0v) is 25.3. The van der Waals surface area contributed by atoms with Crippen molar-refractivity contribution in [3.8, 4) is 0 Å². The molecule has 0 radical (unpaired) electrons. The van der Waals surface area contributed by atoms with Gasteiger partial charge in [-0.25, -0.2) is 8.42 Å². The second-order valence-electron chi connectivity index (χ2n) is 9.52. The van der Waals surface area contributed by atoms with Gasteiger partial charge in [0.05, 0.1) is 22.0 Å². The van der Waals surface area contributed by atoms with Crippen molar-refractivity contribution in [2.24, 2.45) is 0 Å². The van der Waals surface area contributed by atoms with E-state index in [9.17, 15) is 18.0 Å². The van der Waals surface area contributed by atoms with Gasteiger partial charge in [-0.3, -0.25) is 13.9 Å². The predicted octanol–water partition coefficient (Wildman–Crippen LogP) is 5.49. The number of halogens is 2. The van der Waals surface area contributed by atoms with E-state index in [2.05, 4.69) is 5.32 Å². The van der Waals surface area contributed by atoms with E-state index in [0.717, 1.165) is 28.1 Å². The van der Waals surface area contributed by atoms with E-state index in [1.165, 1.54) is 4.90 Å². The molecule has 0 saturated heterocycles. The summed E-state index contributed by atoms with van der Waals surface area (Å²) in [6.45, 7) is 3.87. The molecule has 7 nitrogen and oxygen atoms in total. The number of aryl methyl sites for hydroxylation is 1. The first-order valence-corrected chi connectivity index (χ1v) is 15.8. The first-order valence-electron chi connectivity index (χ1n) is 13.2. The third-order valence-corrected chi connectivity index (χ3v) is 8.34. The van der Waals surface area contributed by atoms with Crippen LogP contribution in [0.3, 0.4) is 0 Å². The van der Waals surface area contributed by atoms with Crippen LogP contribution in [-0.2, 0) is 39.0 Å². The quantitative estimate of drug-likeness (QED) is 0.280. The van der Waals surface area contributed by atoms with Crippen LogP contribution in [-0.4, -0.2) is 50.5 Å². The molecule has 40 heavy (non-hydrogen) atoms. The average Bonchev–Trinajstić information content (AvgIpc) is 2.94. The highest BCUT2D eigenvalue weighted by molar-refractivity contribution is 7.92. The molecule has 10 heteroatoms. The molecule has 0 aliphatic carbocycles. The Morgan fingerprint density at radius 1 is 0.900 bits per heavy atom. The zero-order valence-electron chi connectivity index (χ0n) is 22.9. The highest BCUT2D eigenvalue weighted by Gasteiger charge is 2.33. The van der Waals surface area contributed by atoms with Crippen molar-refractivity contribution in [1.82, 2.24) is 10.2 Å². The molecule has 3 aromatic carbocycles. The van der Waals surface area contributed by atoms with E-state index in [-0.39, 0.29) is 18.9 Å². The molecule has 3 rings (SSSR count). The summed E-state index contributed by atoms with van der Waals surface area (Å²) in [5.41, 5.74) is 2.75. The molecule has 2 amide bonds. The van der Waals surface area contributed by atoms with Crippen LogP contribution in [0.4, 0.5) is 5.69 Å². The van der Waals surface area contributed by atoms with Crippen LogP contribution >= 0.6 is 23.2 Å². The molecule has 0 aliphatic rings. The predicted molar refractivity (Wildman–Crippen MR) is 162 cm³/mol. The van der Waals surface area contributed by atoms with Crippen molar-refractivity contribution < 1.29 is 18.0 Å². The molecule has 0 spiro atoms. The van der Waals surface area contributed by atoms with E-state index >= 15 is 0 Å². The van der Waals surface area contributed by atoms with Crippen LogP contribution in [0, 0.1) is 0 Å². The molecule has 0 aromatic heterocycles. The van der Waals surface area contributed by atoms with Gasteiger partial charge < -0.3 is 10.2 Å². The fraction of sp³-hybridized carbons (Fsp3) is 0.333. The molecular formula is C30H35Cl2N3O4S. The maximum absolute atomic E-state index is 14.1. The second kappa shape index (κ2) is 14.5. The van der Waals surface area contributed by atoms with Crippen LogP contribution in [0.25, 0.3) is 0 Å².